The Hall–Kier alpha value is -3.45. The predicted octanol–water partition coefficient (Wildman–Crippen LogP) is 4.46. The molecule has 0 radical (unpaired) electrons. The third kappa shape index (κ3) is 6.02. The zero-order chi connectivity index (χ0) is 22.2. The van der Waals surface area contributed by atoms with Crippen LogP contribution in [0.2, 0.25) is 0 Å². The van der Waals surface area contributed by atoms with Gasteiger partial charge in [-0.05, 0) is 48.7 Å². The molecule has 7 heteroatoms. The van der Waals surface area contributed by atoms with Crippen LogP contribution < -0.4 is 5.32 Å². The van der Waals surface area contributed by atoms with Gasteiger partial charge in [0.2, 0.25) is 11.0 Å². The molecule has 0 aliphatic heterocycles. The van der Waals surface area contributed by atoms with Crippen molar-refractivity contribution in [2.75, 3.05) is 11.1 Å². The average molecular weight is 435 g/mol. The largest absolute Gasteiger partial charge is 0.478 e. The number of benzene rings is 2. The van der Waals surface area contributed by atoms with E-state index in [1.54, 1.807) is 37.4 Å². The first-order chi connectivity index (χ1) is 15.0. The maximum Gasteiger partial charge on any atom is 0.336 e. The first-order valence-corrected chi connectivity index (χ1v) is 10.7. The SMILES string of the molecule is Cc1c(NC(=O)C(CSC(=O)c2cccnc2)Cc2ccccc2)cccc1C(=O)O. The molecule has 1 heterocycles. The van der Waals surface area contributed by atoms with Gasteiger partial charge in [-0.1, -0.05) is 48.2 Å². The number of aromatic nitrogens is 1. The number of thioether (sulfide) groups is 1. The van der Waals surface area contributed by atoms with E-state index < -0.39 is 11.9 Å². The number of hydrogen-bond acceptors (Lipinski definition) is 5. The van der Waals surface area contributed by atoms with Crippen LogP contribution in [-0.2, 0) is 11.2 Å². The molecule has 3 aromatic rings. The van der Waals surface area contributed by atoms with Crippen molar-refractivity contribution in [2.24, 2.45) is 5.92 Å². The number of nitrogens with one attached hydrogen (secondary N) is 1. The molecule has 0 saturated heterocycles. The molecule has 1 unspecified atom stereocenters. The van der Waals surface area contributed by atoms with Gasteiger partial charge in [0.15, 0.2) is 0 Å². The van der Waals surface area contributed by atoms with E-state index in [0.717, 1.165) is 17.3 Å². The van der Waals surface area contributed by atoms with Crippen LogP contribution in [0.4, 0.5) is 5.69 Å². The number of nitrogens with zero attached hydrogens (tertiary/aromatic N) is 1. The molecule has 1 aromatic heterocycles. The number of carbonyl (C=O) groups excluding carboxylic acids is 2. The lowest BCUT2D eigenvalue weighted by Crippen LogP contribution is -2.27. The van der Waals surface area contributed by atoms with Gasteiger partial charge in [0.05, 0.1) is 11.5 Å². The smallest absolute Gasteiger partial charge is 0.336 e. The van der Waals surface area contributed by atoms with Crippen molar-refractivity contribution in [3.8, 4) is 0 Å². The zero-order valence-corrected chi connectivity index (χ0v) is 17.8. The summed E-state index contributed by atoms with van der Waals surface area (Å²) in [6.45, 7) is 1.66. The molecule has 0 aliphatic carbocycles. The van der Waals surface area contributed by atoms with Crippen molar-refractivity contribution < 1.29 is 19.5 Å². The number of carboxylic acids is 1. The number of aromatic carboxylic acids is 1. The monoisotopic (exact) mass is 434 g/mol. The van der Waals surface area contributed by atoms with Gasteiger partial charge in [-0.25, -0.2) is 4.79 Å². The summed E-state index contributed by atoms with van der Waals surface area (Å²) in [4.78, 5) is 40.9. The second-order valence-corrected chi connectivity index (χ2v) is 7.99. The number of hydrogen-bond donors (Lipinski definition) is 2. The second kappa shape index (κ2) is 10.5. The van der Waals surface area contributed by atoms with Crippen molar-refractivity contribution >= 4 is 34.4 Å². The van der Waals surface area contributed by atoms with Gasteiger partial charge in [-0.3, -0.25) is 14.6 Å². The molecule has 158 valence electrons. The minimum atomic E-state index is -1.05. The normalized spacial score (nSPS) is 11.5. The Kier molecular flexibility index (Phi) is 7.56. The van der Waals surface area contributed by atoms with Crippen molar-refractivity contribution in [3.05, 3.63) is 95.3 Å². The van der Waals surface area contributed by atoms with Crippen molar-refractivity contribution in [1.29, 1.82) is 0 Å². The van der Waals surface area contributed by atoms with Gasteiger partial charge in [0, 0.05) is 29.4 Å². The summed E-state index contributed by atoms with van der Waals surface area (Å²) in [6.07, 6.45) is 3.56. The summed E-state index contributed by atoms with van der Waals surface area (Å²) in [5, 5.41) is 12.0. The molecule has 1 atom stereocenters. The molecule has 2 aromatic carbocycles. The van der Waals surface area contributed by atoms with Gasteiger partial charge < -0.3 is 10.4 Å². The first-order valence-electron chi connectivity index (χ1n) is 9.70. The molecule has 3 rings (SSSR count). The van der Waals surface area contributed by atoms with E-state index in [9.17, 15) is 19.5 Å². The third-order valence-electron chi connectivity index (χ3n) is 4.83. The number of anilines is 1. The molecular formula is C24H22N2O4S. The number of rotatable bonds is 8. The highest BCUT2D eigenvalue weighted by Gasteiger charge is 2.23. The Balaban J connectivity index is 1.77. The molecule has 2 N–H and O–H groups in total. The average Bonchev–Trinajstić information content (AvgIpc) is 2.78. The highest BCUT2D eigenvalue weighted by molar-refractivity contribution is 8.14. The Morgan fingerprint density at radius 1 is 1.03 bits per heavy atom. The van der Waals surface area contributed by atoms with Gasteiger partial charge in [0.25, 0.3) is 0 Å². The van der Waals surface area contributed by atoms with Crippen LogP contribution >= 0.6 is 11.8 Å². The first kappa shape index (κ1) is 22.2. The minimum absolute atomic E-state index is 0.138. The van der Waals surface area contributed by atoms with E-state index in [1.807, 2.05) is 30.3 Å². The summed E-state index contributed by atoms with van der Waals surface area (Å²) >= 11 is 1.07. The standard InChI is InChI=1S/C24H22N2O4S/c1-16-20(23(28)29)10-5-11-21(16)26-22(27)19(13-17-7-3-2-4-8-17)15-31-24(30)18-9-6-12-25-14-18/h2-12,14,19H,13,15H2,1H3,(H,26,27)(H,28,29). The zero-order valence-electron chi connectivity index (χ0n) is 16.9. The summed E-state index contributed by atoms with van der Waals surface area (Å²) in [5.41, 5.74) is 2.54. The Morgan fingerprint density at radius 2 is 1.81 bits per heavy atom. The van der Waals surface area contributed by atoms with Crippen molar-refractivity contribution in [3.63, 3.8) is 0 Å². The molecule has 0 aliphatic rings. The van der Waals surface area contributed by atoms with Crippen LogP contribution in [0, 0.1) is 12.8 Å². The fourth-order valence-corrected chi connectivity index (χ4v) is 4.02. The maximum absolute atomic E-state index is 13.1. The number of pyridine rings is 1. The Labute approximate surface area is 184 Å². The summed E-state index contributed by atoms with van der Waals surface area (Å²) in [6, 6.07) is 17.7. The van der Waals surface area contributed by atoms with Gasteiger partial charge in [-0.15, -0.1) is 0 Å². The van der Waals surface area contributed by atoms with E-state index in [-0.39, 0.29) is 22.3 Å². The van der Waals surface area contributed by atoms with Gasteiger partial charge >= 0.3 is 5.97 Å². The molecule has 0 fully saturated rings. The fourth-order valence-electron chi connectivity index (χ4n) is 3.11. The maximum atomic E-state index is 13.1. The van der Waals surface area contributed by atoms with Gasteiger partial charge in [0.1, 0.15) is 0 Å². The quantitative estimate of drug-likeness (QED) is 0.543. The van der Waals surface area contributed by atoms with Crippen molar-refractivity contribution in [2.45, 2.75) is 13.3 Å². The topological polar surface area (TPSA) is 96.4 Å². The fraction of sp³-hybridized carbons (Fsp3) is 0.167. The highest BCUT2D eigenvalue weighted by atomic mass is 32.2. The summed E-state index contributed by atoms with van der Waals surface area (Å²) < 4.78 is 0. The van der Waals surface area contributed by atoms with Crippen molar-refractivity contribution in [1.82, 2.24) is 4.98 Å². The molecule has 6 nitrogen and oxygen atoms in total. The van der Waals surface area contributed by atoms with Crippen LogP contribution in [-0.4, -0.2) is 32.8 Å². The lowest BCUT2D eigenvalue weighted by Gasteiger charge is -2.18. The minimum Gasteiger partial charge on any atom is -0.478 e. The lowest BCUT2D eigenvalue weighted by molar-refractivity contribution is -0.119. The Morgan fingerprint density at radius 3 is 2.48 bits per heavy atom. The van der Waals surface area contributed by atoms with Crippen LogP contribution in [0.25, 0.3) is 0 Å². The number of carbonyl (C=O) groups is 3. The highest BCUT2D eigenvalue weighted by Crippen LogP contribution is 2.23. The predicted molar refractivity (Wildman–Crippen MR) is 121 cm³/mol. The summed E-state index contributed by atoms with van der Waals surface area (Å²) in [5.74, 6) is -1.51. The number of carboxylic acid groups (broad SMARTS) is 1. The molecular weight excluding hydrogens is 412 g/mol. The van der Waals surface area contributed by atoms with Gasteiger partial charge in [-0.2, -0.15) is 0 Å². The molecule has 31 heavy (non-hydrogen) atoms. The molecule has 0 bridgehead atoms. The van der Waals surface area contributed by atoms with E-state index in [4.69, 9.17) is 0 Å². The van der Waals surface area contributed by atoms with Crippen LogP contribution in [0.5, 0.6) is 0 Å². The second-order valence-electron chi connectivity index (χ2n) is 7.00. The Bertz CT molecular complexity index is 1070. The number of amides is 1. The summed E-state index contributed by atoms with van der Waals surface area (Å²) in [7, 11) is 0. The third-order valence-corrected chi connectivity index (χ3v) is 5.90. The van der Waals surface area contributed by atoms with E-state index in [1.165, 1.54) is 12.3 Å². The van der Waals surface area contributed by atoms with Crippen LogP contribution in [0.1, 0.15) is 31.8 Å². The van der Waals surface area contributed by atoms with Crippen LogP contribution in [0.3, 0.4) is 0 Å². The van der Waals surface area contributed by atoms with E-state index in [2.05, 4.69) is 10.3 Å². The lowest BCUT2D eigenvalue weighted by atomic mass is 9.99. The van der Waals surface area contributed by atoms with E-state index in [0.29, 0.717) is 23.2 Å². The molecule has 1 amide bonds. The molecule has 0 spiro atoms. The van der Waals surface area contributed by atoms with E-state index >= 15 is 0 Å². The van der Waals surface area contributed by atoms with Crippen LogP contribution in [0.15, 0.2) is 73.1 Å². The molecule has 0 saturated carbocycles.